The maximum Gasteiger partial charge on any atom is 0.0874 e. The Morgan fingerprint density at radius 1 is 0.889 bits per heavy atom. The zero-order valence-corrected chi connectivity index (χ0v) is 10.5. The van der Waals surface area contributed by atoms with Crippen LogP contribution in [-0.2, 0) is 0 Å². The highest BCUT2D eigenvalue weighted by Crippen LogP contribution is 2.17. The summed E-state index contributed by atoms with van der Waals surface area (Å²) in [5, 5.41) is 10.5. The predicted octanol–water partition coefficient (Wildman–Crippen LogP) is 4.60. The molecular weight excluding hydrogens is 222 g/mol. The zero-order chi connectivity index (χ0) is 12.6. The van der Waals surface area contributed by atoms with Gasteiger partial charge < -0.3 is 0 Å². The summed E-state index contributed by atoms with van der Waals surface area (Å²) in [5.74, 6) is 0. The third-order valence-electron chi connectivity index (χ3n) is 2.51. The summed E-state index contributed by atoms with van der Waals surface area (Å²) in [5.41, 5.74) is 1.94. The summed E-state index contributed by atoms with van der Waals surface area (Å²) in [7, 11) is 0. The van der Waals surface area contributed by atoms with Crippen molar-refractivity contribution in [3.63, 3.8) is 0 Å². The Bertz CT molecular complexity index is 480. The first-order valence-electron chi connectivity index (χ1n) is 6.19. The van der Waals surface area contributed by atoms with Gasteiger partial charge in [0.15, 0.2) is 0 Å². The van der Waals surface area contributed by atoms with Crippen LogP contribution < -0.4 is 5.01 Å². The first-order valence-corrected chi connectivity index (χ1v) is 6.19. The van der Waals surface area contributed by atoms with E-state index in [-0.39, 0.29) is 0 Å². The van der Waals surface area contributed by atoms with Gasteiger partial charge in [-0.1, -0.05) is 48.5 Å². The quantitative estimate of drug-likeness (QED) is 0.553. The first kappa shape index (κ1) is 12.3. The standard InChI is InChI=1S/C15H17N3/c1-2-13-18(15-11-7-4-8-12-15)17-16-14-9-5-3-6-10-14/h3-12H,2,13H2,1H3. The highest BCUT2D eigenvalue weighted by atomic mass is 15.5. The van der Waals surface area contributed by atoms with Gasteiger partial charge in [-0.25, -0.2) is 5.01 Å². The van der Waals surface area contributed by atoms with E-state index in [1.165, 1.54) is 0 Å². The summed E-state index contributed by atoms with van der Waals surface area (Å²) < 4.78 is 0. The third-order valence-corrected chi connectivity index (χ3v) is 2.51. The van der Waals surface area contributed by atoms with Crippen LogP contribution in [0.5, 0.6) is 0 Å². The van der Waals surface area contributed by atoms with Gasteiger partial charge in [-0.2, -0.15) is 0 Å². The van der Waals surface area contributed by atoms with Crippen LogP contribution in [0, 0.1) is 0 Å². The smallest absolute Gasteiger partial charge is 0.0874 e. The number of hydrogen-bond donors (Lipinski definition) is 0. The van der Waals surface area contributed by atoms with Gasteiger partial charge in [-0.15, -0.1) is 5.11 Å². The van der Waals surface area contributed by atoms with Crippen LogP contribution in [0.4, 0.5) is 11.4 Å². The van der Waals surface area contributed by atoms with Crippen molar-refractivity contribution in [1.29, 1.82) is 0 Å². The fourth-order valence-corrected chi connectivity index (χ4v) is 1.64. The first-order chi connectivity index (χ1) is 8.90. The highest BCUT2D eigenvalue weighted by molar-refractivity contribution is 5.45. The van der Waals surface area contributed by atoms with E-state index in [1.54, 1.807) is 0 Å². The van der Waals surface area contributed by atoms with Gasteiger partial charge in [0.2, 0.25) is 0 Å². The van der Waals surface area contributed by atoms with Gasteiger partial charge in [0.25, 0.3) is 0 Å². The Morgan fingerprint density at radius 2 is 1.50 bits per heavy atom. The predicted molar refractivity (Wildman–Crippen MR) is 75.0 cm³/mol. The largest absolute Gasteiger partial charge is 0.247 e. The van der Waals surface area contributed by atoms with Gasteiger partial charge in [0, 0.05) is 6.54 Å². The van der Waals surface area contributed by atoms with Crippen LogP contribution in [0.25, 0.3) is 0 Å². The van der Waals surface area contributed by atoms with E-state index in [9.17, 15) is 0 Å². The van der Waals surface area contributed by atoms with Crippen molar-refractivity contribution >= 4 is 11.4 Å². The molecule has 0 atom stereocenters. The molecule has 18 heavy (non-hydrogen) atoms. The third kappa shape index (κ3) is 3.42. The van der Waals surface area contributed by atoms with Crippen LogP contribution in [0.2, 0.25) is 0 Å². The Hall–Kier alpha value is -2.16. The molecule has 0 heterocycles. The van der Waals surface area contributed by atoms with Gasteiger partial charge in [0.1, 0.15) is 0 Å². The molecule has 0 amide bonds. The average Bonchev–Trinajstić information content (AvgIpc) is 2.45. The molecule has 0 fully saturated rings. The van der Waals surface area contributed by atoms with Crippen molar-refractivity contribution in [2.24, 2.45) is 10.3 Å². The van der Waals surface area contributed by atoms with Crippen LogP contribution in [0.1, 0.15) is 13.3 Å². The van der Waals surface area contributed by atoms with E-state index in [0.29, 0.717) is 0 Å². The van der Waals surface area contributed by atoms with Crippen molar-refractivity contribution in [2.45, 2.75) is 13.3 Å². The molecular formula is C15H17N3. The van der Waals surface area contributed by atoms with E-state index in [4.69, 9.17) is 0 Å². The van der Waals surface area contributed by atoms with Crippen molar-refractivity contribution in [3.05, 3.63) is 60.7 Å². The molecule has 0 saturated heterocycles. The number of anilines is 1. The van der Waals surface area contributed by atoms with Gasteiger partial charge >= 0.3 is 0 Å². The number of para-hydroxylation sites is 1. The highest BCUT2D eigenvalue weighted by Gasteiger charge is 2.02. The van der Waals surface area contributed by atoms with E-state index < -0.39 is 0 Å². The van der Waals surface area contributed by atoms with Crippen LogP contribution >= 0.6 is 0 Å². The Balaban J connectivity index is 2.14. The maximum absolute atomic E-state index is 4.31. The summed E-state index contributed by atoms with van der Waals surface area (Å²) in [6, 6.07) is 19.9. The minimum atomic E-state index is 0.861. The van der Waals surface area contributed by atoms with Gasteiger partial charge in [-0.05, 0) is 30.7 Å². The molecule has 0 radical (unpaired) electrons. The molecule has 2 aromatic carbocycles. The lowest BCUT2D eigenvalue weighted by atomic mass is 10.3. The minimum Gasteiger partial charge on any atom is -0.247 e. The molecule has 2 rings (SSSR count). The number of hydrogen-bond acceptors (Lipinski definition) is 2. The molecule has 92 valence electrons. The Morgan fingerprint density at radius 3 is 2.11 bits per heavy atom. The lowest BCUT2D eigenvalue weighted by Gasteiger charge is -2.16. The van der Waals surface area contributed by atoms with E-state index in [1.807, 2.05) is 65.7 Å². The fraction of sp³-hybridized carbons (Fsp3) is 0.200. The lowest BCUT2D eigenvalue weighted by molar-refractivity contribution is 0.770. The van der Waals surface area contributed by atoms with Crippen molar-refractivity contribution in [3.8, 4) is 0 Å². The topological polar surface area (TPSA) is 28.0 Å². The fourth-order valence-electron chi connectivity index (χ4n) is 1.64. The molecule has 0 aromatic heterocycles. The SMILES string of the molecule is CCCN(N=Nc1ccccc1)c1ccccc1. The molecule has 0 saturated carbocycles. The molecule has 0 N–H and O–H groups in total. The minimum absolute atomic E-state index is 0.861. The number of benzene rings is 2. The molecule has 0 aliphatic rings. The second kappa shape index (κ2) is 6.55. The van der Waals surface area contributed by atoms with Crippen molar-refractivity contribution in [2.75, 3.05) is 11.6 Å². The van der Waals surface area contributed by atoms with Gasteiger partial charge in [-0.3, -0.25) is 0 Å². The number of rotatable bonds is 5. The average molecular weight is 239 g/mol. The van der Waals surface area contributed by atoms with Crippen molar-refractivity contribution < 1.29 is 0 Å². The second-order valence-corrected chi connectivity index (χ2v) is 3.98. The summed E-state index contributed by atoms with van der Waals surface area (Å²) in [4.78, 5) is 0. The molecule has 3 nitrogen and oxygen atoms in total. The van der Waals surface area contributed by atoms with Gasteiger partial charge in [0.05, 0.1) is 11.4 Å². The zero-order valence-electron chi connectivity index (χ0n) is 10.5. The molecule has 3 heteroatoms. The van der Waals surface area contributed by atoms with Crippen LogP contribution in [0.15, 0.2) is 71.0 Å². The van der Waals surface area contributed by atoms with E-state index in [0.717, 1.165) is 24.3 Å². The van der Waals surface area contributed by atoms with E-state index >= 15 is 0 Å². The number of nitrogens with zero attached hydrogens (tertiary/aromatic N) is 3. The molecule has 2 aromatic rings. The molecule has 0 aliphatic carbocycles. The maximum atomic E-state index is 4.31. The Labute approximate surface area is 108 Å². The van der Waals surface area contributed by atoms with E-state index in [2.05, 4.69) is 17.3 Å². The van der Waals surface area contributed by atoms with Crippen LogP contribution in [-0.4, -0.2) is 6.54 Å². The Kier molecular flexibility index (Phi) is 4.47. The lowest BCUT2D eigenvalue weighted by Crippen LogP contribution is -2.15. The second-order valence-electron chi connectivity index (χ2n) is 3.98. The summed E-state index contributed by atoms with van der Waals surface area (Å²) >= 11 is 0. The molecule has 0 spiro atoms. The summed E-state index contributed by atoms with van der Waals surface area (Å²) in [6.45, 7) is 2.99. The normalized spacial score (nSPS) is 10.7. The van der Waals surface area contributed by atoms with Crippen molar-refractivity contribution in [1.82, 2.24) is 0 Å². The molecule has 0 aliphatic heterocycles. The van der Waals surface area contributed by atoms with Crippen LogP contribution in [0.3, 0.4) is 0 Å². The molecule has 0 unspecified atom stereocenters. The molecule has 0 bridgehead atoms. The monoisotopic (exact) mass is 239 g/mol. The summed E-state index contributed by atoms with van der Waals surface area (Å²) in [6.07, 6.45) is 1.03.